The van der Waals surface area contributed by atoms with E-state index in [4.69, 9.17) is 0 Å². The Morgan fingerprint density at radius 1 is 0.667 bits per heavy atom. The summed E-state index contributed by atoms with van der Waals surface area (Å²) in [6.45, 7) is 0. The van der Waals surface area contributed by atoms with E-state index in [9.17, 15) is 0 Å². The molecular formula is CSe8. The molecule has 0 nitrogen and oxygen atoms in total. The van der Waals surface area contributed by atoms with E-state index in [-0.39, 0.29) is 0 Å². The van der Waals surface area contributed by atoms with Gasteiger partial charge in [-0.3, -0.25) is 0 Å². The molecular weight excluding hydrogens is 644 g/mol. The minimum atomic E-state index is 0.694. The maximum atomic E-state index is 3.19. The summed E-state index contributed by atoms with van der Waals surface area (Å²) >= 11 is 15.6. The van der Waals surface area contributed by atoms with Gasteiger partial charge in [0.2, 0.25) is 0 Å². The van der Waals surface area contributed by atoms with Crippen molar-refractivity contribution in [3.63, 3.8) is 0 Å². The SMILES string of the molecule is [Se]=[Se]C([Se]=[Se])([Se]=[Se])[Se]=[Se]. The van der Waals surface area contributed by atoms with E-state index in [0.29, 0.717) is 51.4 Å². The van der Waals surface area contributed by atoms with Crippen LogP contribution in [0.15, 0.2) is 0 Å². The van der Waals surface area contributed by atoms with Crippen molar-refractivity contribution in [2.24, 2.45) is 0 Å². The predicted molar refractivity (Wildman–Crippen MR) is 48.7 cm³/mol. The van der Waals surface area contributed by atoms with E-state index in [0.717, 1.165) is 0 Å². The molecule has 0 saturated heterocycles. The first kappa shape index (κ1) is 13.2. The van der Waals surface area contributed by atoms with Crippen LogP contribution in [0.25, 0.3) is 0 Å². The molecule has 0 heterocycles. The van der Waals surface area contributed by atoms with Gasteiger partial charge in [-0.05, 0) is 0 Å². The van der Waals surface area contributed by atoms with Crippen LogP contribution in [0.1, 0.15) is 0 Å². The molecule has 0 aliphatic heterocycles. The van der Waals surface area contributed by atoms with Crippen molar-refractivity contribution in [3.05, 3.63) is 0 Å². The quantitative estimate of drug-likeness (QED) is 0.290. The van der Waals surface area contributed by atoms with Crippen molar-refractivity contribution in [1.29, 1.82) is 0 Å². The van der Waals surface area contributed by atoms with E-state index in [1.165, 1.54) is 0 Å². The molecule has 0 unspecified atom stereocenters. The van der Waals surface area contributed by atoms with E-state index in [1.54, 1.807) is 0 Å². The zero-order chi connectivity index (χ0) is 7.33. The molecule has 8 heteroatoms. The molecule has 0 amide bonds. The first-order chi connectivity index (χ1) is 4.24. The van der Waals surface area contributed by atoms with Crippen molar-refractivity contribution >= 4 is 105 Å². The normalized spacial score (nSPS) is 9.78. The molecule has 0 aliphatic rings. The van der Waals surface area contributed by atoms with E-state index >= 15 is 0 Å². The summed E-state index contributed by atoms with van der Waals surface area (Å²) < 4.78 is 0.694. The second kappa shape index (κ2) is 7.55. The molecule has 0 aliphatic carbocycles. The van der Waals surface area contributed by atoms with E-state index in [2.05, 4.69) is 54.6 Å². The van der Waals surface area contributed by atoms with Gasteiger partial charge in [-0.1, -0.05) is 0 Å². The third kappa shape index (κ3) is 4.80. The second-order valence-corrected chi connectivity index (χ2v) is 22.5. The summed E-state index contributed by atoms with van der Waals surface area (Å²) in [4.78, 5) is 0. The summed E-state index contributed by atoms with van der Waals surface area (Å²) in [5.41, 5.74) is 0. The van der Waals surface area contributed by atoms with Gasteiger partial charge in [0.1, 0.15) is 0 Å². The second-order valence-electron chi connectivity index (χ2n) is 0.833. The van der Waals surface area contributed by atoms with Crippen LogP contribution in [0.4, 0.5) is 0 Å². The van der Waals surface area contributed by atoms with Gasteiger partial charge >= 0.3 is 106 Å². The zero-order valence-electron chi connectivity index (χ0n) is 3.77. The third-order valence-corrected chi connectivity index (χ3v) is 57.3. The fraction of sp³-hybridized carbons (Fsp3) is 1.00. The van der Waals surface area contributed by atoms with Gasteiger partial charge in [0.15, 0.2) is 0 Å². The van der Waals surface area contributed by atoms with Crippen LogP contribution in [0, 0.1) is 0 Å². The van der Waals surface area contributed by atoms with Crippen LogP contribution in [0.2, 0.25) is 1.01 Å². The van der Waals surface area contributed by atoms with Crippen molar-refractivity contribution in [3.8, 4) is 0 Å². The van der Waals surface area contributed by atoms with Crippen molar-refractivity contribution in [2.75, 3.05) is 0 Å². The number of hydrogen-bond acceptors (Lipinski definition) is 0. The Morgan fingerprint density at radius 2 is 0.889 bits per heavy atom. The first-order valence-corrected chi connectivity index (χ1v) is 22.2. The molecule has 0 bridgehead atoms. The third-order valence-electron chi connectivity index (χ3n) is 0.408. The monoisotopic (exact) mass is 651 g/mol. The van der Waals surface area contributed by atoms with Crippen molar-refractivity contribution < 1.29 is 0 Å². The predicted octanol–water partition coefficient (Wildman–Crippen LogP) is -2.83. The van der Waals surface area contributed by atoms with Crippen molar-refractivity contribution in [1.82, 2.24) is 0 Å². The Hall–Kier alpha value is 4.16. The fourth-order valence-electron chi connectivity index (χ4n) is 0.0833. The molecule has 4 radical (unpaired) electrons. The molecule has 0 N–H and O–H groups in total. The Kier molecular flexibility index (Phi) is 11.0. The van der Waals surface area contributed by atoms with Gasteiger partial charge in [-0.2, -0.15) is 0 Å². The summed E-state index contributed by atoms with van der Waals surface area (Å²) in [6.07, 6.45) is 0. The van der Waals surface area contributed by atoms with Crippen LogP contribution in [-0.4, -0.2) is 105 Å². The Bertz CT molecular complexity index is 107. The van der Waals surface area contributed by atoms with Gasteiger partial charge in [-0.25, -0.2) is 0 Å². The molecule has 0 fully saturated rings. The standard InChI is InChI=1S/CSe8/c2-6-1(7-3,8-4)9-5. The first-order valence-electron chi connectivity index (χ1n) is 1.48. The number of rotatable bonds is 4. The van der Waals surface area contributed by atoms with Crippen molar-refractivity contribution in [2.45, 2.75) is 1.01 Å². The molecule has 0 rings (SSSR count). The van der Waals surface area contributed by atoms with Gasteiger partial charge in [0.25, 0.3) is 0 Å². The molecule has 0 aromatic carbocycles. The molecule has 0 atom stereocenters. The molecule has 0 aromatic heterocycles. The average molecular weight is 644 g/mol. The molecule has 0 saturated carbocycles. The Morgan fingerprint density at radius 3 is 0.889 bits per heavy atom. The minimum absolute atomic E-state index is 0.694. The van der Waals surface area contributed by atoms with Crippen LogP contribution < -0.4 is 0 Å². The summed E-state index contributed by atoms with van der Waals surface area (Å²) in [7, 11) is 0. The average Bonchev–Trinajstić information content (AvgIpc) is 1.95. The van der Waals surface area contributed by atoms with Crippen LogP contribution >= 0.6 is 0 Å². The molecule has 0 spiro atoms. The van der Waals surface area contributed by atoms with E-state index in [1.807, 2.05) is 0 Å². The van der Waals surface area contributed by atoms with E-state index < -0.39 is 0 Å². The molecule has 52 valence electrons. The van der Waals surface area contributed by atoms with Gasteiger partial charge < -0.3 is 0 Å². The summed E-state index contributed by atoms with van der Waals surface area (Å²) in [6, 6.07) is 0. The Balaban J connectivity index is 4.53. The number of hydrogen-bond donors (Lipinski definition) is 0. The van der Waals surface area contributed by atoms with Crippen LogP contribution in [-0.2, 0) is 0 Å². The summed E-state index contributed by atoms with van der Waals surface area (Å²) in [5, 5.41) is 0. The molecule has 9 heavy (non-hydrogen) atoms. The van der Waals surface area contributed by atoms with Gasteiger partial charge in [-0.15, -0.1) is 0 Å². The summed E-state index contributed by atoms with van der Waals surface area (Å²) in [5.74, 6) is 0. The zero-order valence-corrected chi connectivity index (χ0v) is 17.5. The van der Waals surface area contributed by atoms with Crippen LogP contribution in [0.3, 0.4) is 0 Å². The van der Waals surface area contributed by atoms with Gasteiger partial charge in [0.05, 0.1) is 0 Å². The topological polar surface area (TPSA) is 0 Å². The fourth-order valence-corrected chi connectivity index (χ4v) is 60.7. The van der Waals surface area contributed by atoms with Crippen LogP contribution in [0.5, 0.6) is 0 Å². The maximum absolute atomic E-state index is 3.19. The molecule has 0 aromatic rings. The van der Waals surface area contributed by atoms with Gasteiger partial charge in [0, 0.05) is 0 Å². The Labute approximate surface area is 104 Å².